The molecule has 0 unspecified atom stereocenters. The second kappa shape index (κ2) is 5.93. The standard InChI is InChI=1S/C19H23N3/c1-14-5-8-16(9-6-14)19-17(11-12-21(3)4)22-13-15(2)7-10-18(22)20-19/h5-10,13H,11-12H2,1-4H3. The van der Waals surface area contributed by atoms with Crippen LogP contribution in [0, 0.1) is 13.8 Å². The number of fused-ring (bicyclic) bond motifs is 1. The Kier molecular flexibility index (Phi) is 3.99. The topological polar surface area (TPSA) is 20.5 Å². The Morgan fingerprint density at radius 3 is 2.32 bits per heavy atom. The molecule has 0 aliphatic carbocycles. The molecule has 0 radical (unpaired) electrons. The second-order valence-electron chi connectivity index (χ2n) is 6.26. The van der Waals surface area contributed by atoms with Crippen molar-refractivity contribution in [2.75, 3.05) is 20.6 Å². The van der Waals surface area contributed by atoms with Crippen molar-refractivity contribution in [3.05, 3.63) is 59.4 Å². The van der Waals surface area contributed by atoms with Gasteiger partial charge in [0.2, 0.25) is 0 Å². The van der Waals surface area contributed by atoms with Crippen LogP contribution in [0.2, 0.25) is 0 Å². The summed E-state index contributed by atoms with van der Waals surface area (Å²) in [7, 11) is 4.22. The van der Waals surface area contributed by atoms with Gasteiger partial charge in [0.1, 0.15) is 5.65 Å². The maximum absolute atomic E-state index is 4.88. The molecular formula is C19H23N3. The smallest absolute Gasteiger partial charge is 0.137 e. The van der Waals surface area contributed by atoms with E-state index in [0.717, 1.165) is 24.3 Å². The van der Waals surface area contributed by atoms with Crippen molar-refractivity contribution in [1.82, 2.24) is 14.3 Å². The van der Waals surface area contributed by atoms with Crippen molar-refractivity contribution in [2.45, 2.75) is 20.3 Å². The summed E-state index contributed by atoms with van der Waals surface area (Å²) in [6, 6.07) is 12.9. The number of hydrogen-bond acceptors (Lipinski definition) is 2. The Morgan fingerprint density at radius 1 is 0.955 bits per heavy atom. The van der Waals surface area contributed by atoms with E-state index in [9.17, 15) is 0 Å². The molecule has 114 valence electrons. The molecule has 0 bridgehead atoms. The molecule has 2 aromatic heterocycles. The van der Waals surface area contributed by atoms with Gasteiger partial charge in [0.05, 0.1) is 11.4 Å². The highest BCUT2D eigenvalue weighted by molar-refractivity contribution is 5.67. The number of nitrogens with zero attached hydrogens (tertiary/aromatic N) is 3. The van der Waals surface area contributed by atoms with Gasteiger partial charge in [-0.05, 0) is 39.6 Å². The Labute approximate surface area is 132 Å². The number of imidazole rings is 1. The van der Waals surface area contributed by atoms with E-state index in [0.29, 0.717) is 0 Å². The monoisotopic (exact) mass is 293 g/mol. The number of aromatic nitrogens is 2. The molecule has 3 aromatic rings. The number of benzene rings is 1. The molecule has 3 rings (SSSR count). The van der Waals surface area contributed by atoms with Crippen LogP contribution in [0.15, 0.2) is 42.6 Å². The molecular weight excluding hydrogens is 270 g/mol. The Balaban J connectivity index is 2.14. The number of rotatable bonds is 4. The van der Waals surface area contributed by atoms with Gasteiger partial charge < -0.3 is 9.30 Å². The first kappa shape index (κ1) is 14.8. The SMILES string of the molecule is Cc1ccc(-c2nc3ccc(C)cn3c2CCN(C)C)cc1. The van der Waals surface area contributed by atoms with Gasteiger partial charge in [-0.3, -0.25) is 0 Å². The molecule has 1 aromatic carbocycles. The normalized spacial score (nSPS) is 11.5. The van der Waals surface area contributed by atoms with Gasteiger partial charge in [0.15, 0.2) is 0 Å². The molecule has 0 saturated carbocycles. The fourth-order valence-electron chi connectivity index (χ4n) is 2.71. The largest absolute Gasteiger partial charge is 0.309 e. The van der Waals surface area contributed by atoms with Crippen LogP contribution in [0.1, 0.15) is 16.8 Å². The highest BCUT2D eigenvalue weighted by Crippen LogP contribution is 2.25. The zero-order valence-corrected chi connectivity index (χ0v) is 13.8. The van der Waals surface area contributed by atoms with Crippen molar-refractivity contribution >= 4 is 5.65 Å². The third-order valence-corrected chi connectivity index (χ3v) is 3.99. The Hall–Kier alpha value is -2.13. The molecule has 0 fully saturated rings. The maximum Gasteiger partial charge on any atom is 0.137 e. The van der Waals surface area contributed by atoms with Gasteiger partial charge >= 0.3 is 0 Å². The Bertz CT molecular complexity index is 782. The lowest BCUT2D eigenvalue weighted by molar-refractivity contribution is 0.411. The summed E-state index contributed by atoms with van der Waals surface area (Å²) in [5.74, 6) is 0. The third-order valence-electron chi connectivity index (χ3n) is 3.99. The molecule has 22 heavy (non-hydrogen) atoms. The second-order valence-corrected chi connectivity index (χ2v) is 6.26. The van der Waals surface area contributed by atoms with Crippen molar-refractivity contribution in [3.63, 3.8) is 0 Å². The van der Waals surface area contributed by atoms with E-state index in [1.807, 2.05) is 0 Å². The summed E-state index contributed by atoms with van der Waals surface area (Å²) < 4.78 is 2.24. The average Bonchev–Trinajstić information content (AvgIpc) is 2.83. The van der Waals surface area contributed by atoms with E-state index in [1.165, 1.54) is 22.4 Å². The third kappa shape index (κ3) is 2.90. The highest BCUT2D eigenvalue weighted by atomic mass is 15.1. The van der Waals surface area contributed by atoms with Crippen LogP contribution in [0.4, 0.5) is 0 Å². The van der Waals surface area contributed by atoms with Gasteiger partial charge in [0.25, 0.3) is 0 Å². The summed E-state index contributed by atoms with van der Waals surface area (Å²) >= 11 is 0. The lowest BCUT2D eigenvalue weighted by atomic mass is 10.1. The van der Waals surface area contributed by atoms with Gasteiger partial charge in [0, 0.05) is 24.7 Å². The fourth-order valence-corrected chi connectivity index (χ4v) is 2.71. The van der Waals surface area contributed by atoms with Gasteiger partial charge in [-0.15, -0.1) is 0 Å². The minimum absolute atomic E-state index is 0.987. The lowest BCUT2D eigenvalue weighted by Gasteiger charge is -2.11. The lowest BCUT2D eigenvalue weighted by Crippen LogP contribution is -2.16. The summed E-state index contributed by atoms with van der Waals surface area (Å²) in [6.07, 6.45) is 3.17. The predicted molar refractivity (Wildman–Crippen MR) is 92.4 cm³/mol. The molecule has 0 N–H and O–H groups in total. The van der Waals surface area contributed by atoms with Crippen LogP contribution in [0.25, 0.3) is 16.9 Å². The molecule has 0 amide bonds. The highest BCUT2D eigenvalue weighted by Gasteiger charge is 2.14. The predicted octanol–water partition coefficient (Wildman–Crippen LogP) is 3.72. The number of pyridine rings is 1. The number of hydrogen-bond donors (Lipinski definition) is 0. The zero-order valence-electron chi connectivity index (χ0n) is 13.8. The first-order chi connectivity index (χ1) is 10.5. The molecule has 0 saturated heterocycles. The van der Waals surface area contributed by atoms with Crippen LogP contribution in [-0.2, 0) is 6.42 Å². The van der Waals surface area contributed by atoms with Crippen LogP contribution in [0.3, 0.4) is 0 Å². The summed E-state index contributed by atoms with van der Waals surface area (Å²) in [5.41, 5.74) is 7.14. The van der Waals surface area contributed by atoms with Crippen molar-refractivity contribution in [1.29, 1.82) is 0 Å². The summed E-state index contributed by atoms with van der Waals surface area (Å²) in [5, 5.41) is 0. The van der Waals surface area contributed by atoms with Crippen LogP contribution >= 0.6 is 0 Å². The molecule has 3 heteroatoms. The molecule has 0 aliphatic heterocycles. The Morgan fingerprint density at radius 2 is 1.64 bits per heavy atom. The van der Waals surface area contributed by atoms with E-state index in [2.05, 4.69) is 79.8 Å². The molecule has 0 aliphatic rings. The quantitative estimate of drug-likeness (QED) is 0.731. The van der Waals surface area contributed by atoms with E-state index in [1.54, 1.807) is 0 Å². The van der Waals surface area contributed by atoms with E-state index >= 15 is 0 Å². The number of aryl methyl sites for hydroxylation is 2. The summed E-state index contributed by atoms with van der Waals surface area (Å²) in [4.78, 5) is 7.09. The van der Waals surface area contributed by atoms with Crippen molar-refractivity contribution < 1.29 is 0 Å². The molecule has 2 heterocycles. The average molecular weight is 293 g/mol. The molecule has 0 spiro atoms. The molecule has 3 nitrogen and oxygen atoms in total. The maximum atomic E-state index is 4.88. The first-order valence-corrected chi connectivity index (χ1v) is 7.74. The summed E-state index contributed by atoms with van der Waals surface area (Å²) in [6.45, 7) is 5.26. The van der Waals surface area contributed by atoms with Gasteiger partial charge in [-0.2, -0.15) is 0 Å². The zero-order chi connectivity index (χ0) is 15.7. The first-order valence-electron chi connectivity index (χ1n) is 7.74. The minimum atomic E-state index is 0.987. The van der Waals surface area contributed by atoms with Crippen molar-refractivity contribution in [2.24, 2.45) is 0 Å². The van der Waals surface area contributed by atoms with Crippen LogP contribution in [0.5, 0.6) is 0 Å². The van der Waals surface area contributed by atoms with E-state index in [-0.39, 0.29) is 0 Å². The van der Waals surface area contributed by atoms with E-state index < -0.39 is 0 Å². The van der Waals surface area contributed by atoms with Crippen LogP contribution in [-0.4, -0.2) is 34.9 Å². The van der Waals surface area contributed by atoms with Gasteiger partial charge in [-0.1, -0.05) is 35.9 Å². The molecule has 0 atom stereocenters. The fraction of sp³-hybridized carbons (Fsp3) is 0.316. The van der Waals surface area contributed by atoms with Crippen molar-refractivity contribution in [3.8, 4) is 11.3 Å². The van der Waals surface area contributed by atoms with E-state index in [4.69, 9.17) is 4.98 Å². The minimum Gasteiger partial charge on any atom is -0.309 e. The number of likely N-dealkylation sites (N-methyl/N-ethyl adjacent to an activating group) is 1. The van der Waals surface area contributed by atoms with Gasteiger partial charge in [-0.25, -0.2) is 4.98 Å². The van der Waals surface area contributed by atoms with Crippen LogP contribution < -0.4 is 0 Å².